The van der Waals surface area contributed by atoms with Crippen molar-refractivity contribution in [2.24, 2.45) is 0 Å². The minimum Gasteiger partial charge on any atom is -0.463 e. The molecule has 0 saturated carbocycles. The van der Waals surface area contributed by atoms with Crippen LogP contribution in [0.25, 0.3) is 0 Å². The van der Waals surface area contributed by atoms with Gasteiger partial charge in [-0.25, -0.2) is 0 Å². The number of ether oxygens (including phenoxy) is 21. The molecule has 0 spiro atoms. The fraction of sp³-hybridized carbons (Fsp3) is 0.731. The maximum atomic E-state index is 13.3. The molecule has 35 heteroatoms. The summed E-state index contributed by atoms with van der Waals surface area (Å²) in [6.07, 6.45) is -39.2. The van der Waals surface area contributed by atoms with Crippen LogP contribution in [0.4, 0.5) is 0 Å². The molecule has 4 fully saturated rings. The quantitative estimate of drug-likeness (QED) is 0.0763. The molecular weight excluding hydrogens is 1180 g/mol. The van der Waals surface area contributed by atoms with Gasteiger partial charge in [0.05, 0.1) is 0 Å². The maximum absolute atomic E-state index is 13.3. The minimum absolute atomic E-state index is 0.752. The molecule has 0 amide bonds. The van der Waals surface area contributed by atoms with E-state index < -0.39 is 233 Å². The third-order valence-corrected chi connectivity index (χ3v) is 12.0. The van der Waals surface area contributed by atoms with Gasteiger partial charge in [-0.1, -0.05) is 0 Å². The van der Waals surface area contributed by atoms with E-state index in [0.29, 0.717) is 0 Å². The largest absolute Gasteiger partial charge is 0.463 e. The lowest BCUT2D eigenvalue weighted by Crippen LogP contribution is -2.69. The van der Waals surface area contributed by atoms with Crippen LogP contribution in [-0.4, -0.2) is 233 Å². The highest BCUT2D eigenvalue weighted by molar-refractivity contribution is 5.71. The molecule has 4 saturated heterocycles. The summed E-state index contributed by atoms with van der Waals surface area (Å²) in [5.74, 6) is -14.6. The third-order valence-electron chi connectivity index (χ3n) is 12.0. The molecule has 0 unspecified atom stereocenters. The number of esters is 14. The summed E-state index contributed by atoms with van der Waals surface area (Å²) in [6.45, 7) is 9.74. The lowest BCUT2D eigenvalue weighted by molar-refractivity contribution is -0.388. The van der Waals surface area contributed by atoms with Gasteiger partial charge in [0.25, 0.3) is 0 Å². The van der Waals surface area contributed by atoms with E-state index in [1.54, 1.807) is 0 Å². The van der Waals surface area contributed by atoms with Crippen LogP contribution in [0.1, 0.15) is 96.9 Å². The van der Waals surface area contributed by atoms with Gasteiger partial charge in [-0.2, -0.15) is 0 Å². The highest BCUT2D eigenvalue weighted by Crippen LogP contribution is 2.40. The van der Waals surface area contributed by atoms with Gasteiger partial charge in [0.15, 0.2) is 67.7 Å². The van der Waals surface area contributed by atoms with Crippen LogP contribution >= 0.6 is 0 Å². The van der Waals surface area contributed by atoms with Gasteiger partial charge < -0.3 is 99.5 Å². The van der Waals surface area contributed by atoms with Crippen molar-refractivity contribution in [3.8, 4) is 0 Å². The molecule has 4 heterocycles. The molecule has 35 nitrogen and oxygen atoms in total. The normalized spacial score (nSPS) is 31.9. The van der Waals surface area contributed by atoms with Crippen LogP contribution in [0.3, 0.4) is 0 Å². The highest BCUT2D eigenvalue weighted by Gasteiger charge is 2.62. The minimum atomic E-state index is -2.23. The van der Waals surface area contributed by atoms with Crippen molar-refractivity contribution < 1.29 is 167 Å². The predicted octanol–water partition coefficient (Wildman–Crippen LogP) is -1.76. The number of hydrogen-bond donors (Lipinski definition) is 0. The van der Waals surface area contributed by atoms with Gasteiger partial charge in [-0.05, 0) is 0 Å². The van der Waals surface area contributed by atoms with E-state index in [-0.39, 0.29) is 0 Å². The van der Waals surface area contributed by atoms with E-state index in [1.165, 1.54) is 0 Å². The lowest BCUT2D eigenvalue weighted by atomic mass is 9.94. The van der Waals surface area contributed by atoms with Crippen molar-refractivity contribution in [1.82, 2.24) is 0 Å². The second-order valence-corrected chi connectivity index (χ2v) is 19.5. The summed E-state index contributed by atoms with van der Waals surface area (Å²) in [7, 11) is 0. The molecule has 0 bridgehead atoms. The molecule has 4 aliphatic heterocycles. The average Bonchev–Trinajstić information content (AvgIpc) is 0.842. The van der Waals surface area contributed by atoms with E-state index in [2.05, 4.69) is 0 Å². The van der Waals surface area contributed by atoms with Crippen molar-refractivity contribution in [1.29, 1.82) is 0 Å². The first-order chi connectivity index (χ1) is 40.6. The van der Waals surface area contributed by atoms with Crippen molar-refractivity contribution in [3.63, 3.8) is 0 Å². The Hall–Kier alpha value is -7.70. The highest BCUT2D eigenvalue weighted by atomic mass is 16.8. The van der Waals surface area contributed by atoms with E-state index in [4.69, 9.17) is 99.5 Å². The second kappa shape index (κ2) is 32.9. The van der Waals surface area contributed by atoms with Gasteiger partial charge in [-0.3, -0.25) is 67.1 Å². The maximum Gasteiger partial charge on any atom is 0.305 e. The van der Waals surface area contributed by atoms with Crippen LogP contribution in [0, 0.1) is 0 Å². The predicted molar refractivity (Wildman–Crippen MR) is 268 cm³/mol. The van der Waals surface area contributed by atoms with Gasteiger partial charge in [-0.15, -0.1) is 0 Å². The second-order valence-electron chi connectivity index (χ2n) is 19.5. The summed E-state index contributed by atoms with van der Waals surface area (Å²) < 4.78 is 121. The molecule has 87 heavy (non-hydrogen) atoms. The zero-order chi connectivity index (χ0) is 65.3. The summed E-state index contributed by atoms with van der Waals surface area (Å²) >= 11 is 0. The van der Waals surface area contributed by atoms with Crippen molar-refractivity contribution in [3.05, 3.63) is 0 Å². The Morgan fingerprint density at radius 3 is 0.598 bits per heavy atom. The van der Waals surface area contributed by atoms with Crippen LogP contribution in [0.15, 0.2) is 0 Å². The molecule has 0 aliphatic carbocycles. The zero-order valence-corrected chi connectivity index (χ0v) is 49.7. The lowest BCUT2D eigenvalue weighted by Gasteiger charge is -2.51. The molecule has 4 aliphatic rings. The Bertz CT molecular complexity index is 2530. The molecule has 488 valence electrons. The van der Waals surface area contributed by atoms with E-state index in [0.717, 1.165) is 96.9 Å². The van der Waals surface area contributed by atoms with Crippen LogP contribution in [0.5, 0.6) is 0 Å². The van der Waals surface area contributed by atoms with E-state index in [1.807, 2.05) is 0 Å². The smallest absolute Gasteiger partial charge is 0.305 e. The molecule has 0 N–H and O–H groups in total. The first-order valence-electron chi connectivity index (χ1n) is 26.5. The van der Waals surface area contributed by atoms with Crippen molar-refractivity contribution >= 4 is 83.6 Å². The SMILES string of the molecule is CC(=O)OC[C@H]1O[C@H](O[C@H]2[C@H](OC(C)=O)[C@@H](OC(C)=O)[C@@H](O[C@H]3[C@H](OC(C)=O)[C@@H](OC(C)=O)[C@@H](O[C@H]4[C@H](OC(C)=O)[C@@H](OC(C)=O)[C@@H](OC(C)=O)O[C@@H]4COC(C)=O)O[C@@H]3COC(C)=O)O[C@@H]2COC(C)=O)[C@H](OC(C)=O)[C@@H](OC(C)=O)[C@@H]1OC(C)=O. The Labute approximate surface area is 495 Å². The standard InChI is InChI=1S/C52H70O35/c1-19(53)67-15-33-37(71-23(5)57)41(72-24(6)58)46(77-29(11)63)50(82-33)86-39-35(17-69-21(3)55)84-52(48(79-31(13)65)43(39)74-26(8)60)87-40-36(18-70-22(4)56)83-51(47(78-30(12)64)44(40)75-27(9)61)85-38-34(16-68-20(2)54)81-49(80-32(14)66)45(76-28(10)62)42(38)73-25(7)59/h33-52H,15-18H2,1-14H3/t33-,34-,35-,36-,37-,38-,39-,40-,41+,42+,43+,44+,45-,46-,47-,48-,49+,50-,51-,52-/m1/s1. The molecule has 20 atom stereocenters. The van der Waals surface area contributed by atoms with Gasteiger partial charge in [0, 0.05) is 96.9 Å². The summed E-state index contributed by atoms with van der Waals surface area (Å²) in [6, 6.07) is 0. The molecule has 0 aromatic heterocycles. The average molecular weight is 1260 g/mol. The van der Waals surface area contributed by atoms with Gasteiger partial charge in [0.2, 0.25) is 12.4 Å². The Morgan fingerprint density at radius 1 is 0.207 bits per heavy atom. The van der Waals surface area contributed by atoms with E-state index >= 15 is 0 Å². The molecule has 0 radical (unpaired) electrons. The Morgan fingerprint density at radius 2 is 0.379 bits per heavy atom. The van der Waals surface area contributed by atoms with Crippen molar-refractivity contribution in [2.75, 3.05) is 26.4 Å². The fourth-order valence-corrected chi connectivity index (χ4v) is 9.30. The molecule has 0 aromatic carbocycles. The number of rotatable bonds is 24. The third kappa shape index (κ3) is 21.9. The molecular formula is C52H70O35. The number of hydrogen-bond acceptors (Lipinski definition) is 35. The zero-order valence-electron chi connectivity index (χ0n) is 49.7. The first-order valence-corrected chi connectivity index (χ1v) is 26.5. The Balaban J connectivity index is 1.99. The number of carbonyl (C=O) groups is 14. The molecule has 4 rings (SSSR count). The van der Waals surface area contributed by atoms with Gasteiger partial charge in [0.1, 0.15) is 69.2 Å². The molecule has 0 aromatic rings. The number of carbonyl (C=O) groups excluding carboxylic acids is 14. The van der Waals surface area contributed by atoms with Crippen LogP contribution in [-0.2, 0) is 167 Å². The first kappa shape index (κ1) is 71.8. The summed E-state index contributed by atoms with van der Waals surface area (Å²) in [4.78, 5) is 178. The van der Waals surface area contributed by atoms with Gasteiger partial charge >= 0.3 is 83.6 Å². The van der Waals surface area contributed by atoms with Crippen molar-refractivity contribution in [2.45, 2.75) is 220 Å². The van der Waals surface area contributed by atoms with Crippen LogP contribution < -0.4 is 0 Å². The van der Waals surface area contributed by atoms with Crippen LogP contribution in [0.2, 0.25) is 0 Å². The summed E-state index contributed by atoms with van der Waals surface area (Å²) in [5.41, 5.74) is 0. The monoisotopic (exact) mass is 1250 g/mol. The topological polar surface area (TPSA) is 433 Å². The fourth-order valence-electron chi connectivity index (χ4n) is 9.30. The van der Waals surface area contributed by atoms with E-state index in [9.17, 15) is 67.1 Å². The Kier molecular flexibility index (Phi) is 27.1. The summed E-state index contributed by atoms with van der Waals surface area (Å²) in [5, 5.41) is 0.